The van der Waals surface area contributed by atoms with E-state index in [0.29, 0.717) is 25.0 Å². The number of rotatable bonds is 5. The lowest BCUT2D eigenvalue weighted by Gasteiger charge is -2.35. The van der Waals surface area contributed by atoms with Gasteiger partial charge in [-0.2, -0.15) is 4.31 Å². The third kappa shape index (κ3) is 3.30. The molecule has 1 saturated heterocycles. The fraction of sp³-hybridized carbons (Fsp3) is 0.786. The highest BCUT2D eigenvalue weighted by Gasteiger charge is 2.34. The molecule has 1 aromatic heterocycles. The van der Waals surface area contributed by atoms with E-state index in [1.54, 1.807) is 10.5 Å². The first-order valence-corrected chi connectivity index (χ1v) is 9.05. The van der Waals surface area contributed by atoms with E-state index >= 15 is 0 Å². The molecule has 2 atom stereocenters. The number of aromatic nitrogens is 2. The van der Waals surface area contributed by atoms with Gasteiger partial charge in [-0.05, 0) is 32.7 Å². The Hall–Kier alpha value is -0.920. The third-order valence-electron chi connectivity index (χ3n) is 4.26. The largest absolute Gasteiger partial charge is 0.334 e. The van der Waals surface area contributed by atoms with E-state index in [1.165, 1.54) is 0 Å². The van der Waals surface area contributed by atoms with Crippen molar-refractivity contribution in [2.45, 2.75) is 51.2 Å². The van der Waals surface area contributed by atoms with Crippen molar-refractivity contribution in [3.63, 3.8) is 0 Å². The summed E-state index contributed by atoms with van der Waals surface area (Å²) in [4.78, 5) is 4.26. The summed E-state index contributed by atoms with van der Waals surface area (Å²) in [6.07, 6.45) is 3.47. The number of hydrogen-bond acceptors (Lipinski definition) is 4. The molecule has 21 heavy (non-hydrogen) atoms. The molecule has 1 aliphatic heterocycles. The molecule has 0 saturated carbocycles. The van der Waals surface area contributed by atoms with Gasteiger partial charge >= 0.3 is 0 Å². The van der Waals surface area contributed by atoms with Gasteiger partial charge in [0.15, 0.2) is 5.03 Å². The van der Waals surface area contributed by atoms with Gasteiger partial charge in [0.2, 0.25) is 0 Å². The average molecular weight is 314 g/mol. The third-order valence-corrected chi connectivity index (χ3v) is 6.00. The maximum Gasteiger partial charge on any atom is 0.262 e. The Bertz CT molecular complexity index is 582. The molecule has 0 aromatic carbocycles. The van der Waals surface area contributed by atoms with E-state index in [9.17, 15) is 8.42 Å². The quantitative estimate of drug-likeness (QED) is 0.887. The molecule has 0 aliphatic carbocycles. The van der Waals surface area contributed by atoms with Crippen molar-refractivity contribution in [1.29, 1.82) is 0 Å². The minimum Gasteiger partial charge on any atom is -0.334 e. The zero-order valence-corrected chi connectivity index (χ0v) is 14.2. The number of imidazole rings is 1. The van der Waals surface area contributed by atoms with E-state index in [4.69, 9.17) is 0 Å². The van der Waals surface area contributed by atoms with Crippen molar-refractivity contribution in [3.05, 3.63) is 12.0 Å². The van der Waals surface area contributed by atoms with Gasteiger partial charge in [0.05, 0.1) is 0 Å². The standard InChI is InChI=1S/C14H26N4O2S/c1-5-7-17-10-14(16-12(17)3)21(19,20)18-8-6-13(15-4)11(2)9-18/h10-11,13,15H,5-9H2,1-4H3. The van der Waals surface area contributed by atoms with Crippen LogP contribution in [0.3, 0.4) is 0 Å². The fourth-order valence-corrected chi connectivity index (χ4v) is 4.51. The van der Waals surface area contributed by atoms with Gasteiger partial charge in [0, 0.05) is 31.9 Å². The number of sulfonamides is 1. The summed E-state index contributed by atoms with van der Waals surface area (Å²) in [5, 5.41) is 3.44. The summed E-state index contributed by atoms with van der Waals surface area (Å²) in [5.41, 5.74) is 0. The second kappa shape index (κ2) is 6.46. The molecular weight excluding hydrogens is 288 g/mol. The molecule has 1 aliphatic rings. The minimum absolute atomic E-state index is 0.184. The van der Waals surface area contributed by atoms with E-state index in [-0.39, 0.29) is 5.03 Å². The number of aryl methyl sites for hydroxylation is 2. The molecular formula is C14H26N4O2S. The van der Waals surface area contributed by atoms with Crippen LogP contribution in [0.1, 0.15) is 32.5 Å². The molecule has 1 N–H and O–H groups in total. The maximum atomic E-state index is 12.7. The van der Waals surface area contributed by atoms with Crippen LogP contribution in [0.4, 0.5) is 0 Å². The second-order valence-corrected chi connectivity index (χ2v) is 7.73. The number of nitrogens with one attached hydrogen (secondary N) is 1. The van der Waals surface area contributed by atoms with Gasteiger partial charge in [0.1, 0.15) is 5.82 Å². The van der Waals surface area contributed by atoms with Crippen LogP contribution >= 0.6 is 0 Å². The van der Waals surface area contributed by atoms with Crippen molar-refractivity contribution in [1.82, 2.24) is 19.2 Å². The normalized spacial score (nSPS) is 24.4. The first-order valence-electron chi connectivity index (χ1n) is 7.61. The monoisotopic (exact) mass is 314 g/mol. The van der Waals surface area contributed by atoms with Gasteiger partial charge in [-0.25, -0.2) is 13.4 Å². The smallest absolute Gasteiger partial charge is 0.262 e. The zero-order chi connectivity index (χ0) is 15.6. The molecule has 2 heterocycles. The van der Waals surface area contributed by atoms with Gasteiger partial charge in [0.25, 0.3) is 10.0 Å². The molecule has 7 heteroatoms. The van der Waals surface area contributed by atoms with Crippen LogP contribution < -0.4 is 5.32 Å². The maximum absolute atomic E-state index is 12.7. The Balaban J connectivity index is 2.20. The van der Waals surface area contributed by atoms with E-state index in [2.05, 4.69) is 24.1 Å². The Kier molecular flexibility index (Phi) is 5.06. The lowest BCUT2D eigenvalue weighted by Crippen LogP contribution is -2.49. The molecule has 1 fully saturated rings. The lowest BCUT2D eigenvalue weighted by molar-refractivity contribution is 0.227. The van der Waals surface area contributed by atoms with Crippen LogP contribution in [0.5, 0.6) is 0 Å². The molecule has 0 bridgehead atoms. The first-order chi connectivity index (χ1) is 9.90. The zero-order valence-electron chi connectivity index (χ0n) is 13.3. The number of hydrogen-bond donors (Lipinski definition) is 1. The Morgan fingerprint density at radius 3 is 2.76 bits per heavy atom. The highest BCUT2D eigenvalue weighted by atomic mass is 32.2. The van der Waals surface area contributed by atoms with E-state index in [0.717, 1.165) is 25.2 Å². The molecule has 2 unspecified atom stereocenters. The van der Waals surface area contributed by atoms with Crippen molar-refractivity contribution in [2.75, 3.05) is 20.1 Å². The van der Waals surface area contributed by atoms with Crippen molar-refractivity contribution < 1.29 is 8.42 Å². The average Bonchev–Trinajstić information content (AvgIpc) is 2.81. The second-order valence-electron chi connectivity index (χ2n) is 5.84. The van der Waals surface area contributed by atoms with Gasteiger partial charge in [-0.1, -0.05) is 13.8 Å². The minimum atomic E-state index is -3.47. The molecule has 2 rings (SSSR count). The van der Waals surface area contributed by atoms with Crippen LogP contribution in [0.25, 0.3) is 0 Å². The van der Waals surface area contributed by atoms with E-state index < -0.39 is 10.0 Å². The molecule has 0 amide bonds. The van der Waals surface area contributed by atoms with E-state index in [1.807, 2.05) is 18.5 Å². The highest BCUT2D eigenvalue weighted by molar-refractivity contribution is 7.89. The van der Waals surface area contributed by atoms with Crippen molar-refractivity contribution in [3.8, 4) is 0 Å². The Labute approximate surface area is 127 Å². The molecule has 6 nitrogen and oxygen atoms in total. The Morgan fingerprint density at radius 2 is 2.19 bits per heavy atom. The number of piperidine rings is 1. The molecule has 0 radical (unpaired) electrons. The van der Waals surface area contributed by atoms with Crippen LogP contribution in [0.15, 0.2) is 11.2 Å². The van der Waals surface area contributed by atoms with Crippen molar-refractivity contribution in [2.24, 2.45) is 5.92 Å². The number of nitrogens with zero attached hydrogens (tertiary/aromatic N) is 3. The summed E-state index contributed by atoms with van der Waals surface area (Å²) in [7, 11) is -1.54. The topological polar surface area (TPSA) is 67.2 Å². The summed E-state index contributed by atoms with van der Waals surface area (Å²) in [5.74, 6) is 1.06. The highest BCUT2D eigenvalue weighted by Crippen LogP contribution is 2.23. The van der Waals surface area contributed by atoms with Crippen LogP contribution in [0, 0.1) is 12.8 Å². The molecule has 0 spiro atoms. The lowest BCUT2D eigenvalue weighted by atomic mass is 9.96. The fourth-order valence-electron chi connectivity index (χ4n) is 2.96. The van der Waals surface area contributed by atoms with Crippen LogP contribution in [-0.2, 0) is 16.6 Å². The van der Waals surface area contributed by atoms with Crippen LogP contribution in [0.2, 0.25) is 0 Å². The first kappa shape index (κ1) is 16.5. The summed E-state index contributed by atoms with van der Waals surface area (Å²) >= 11 is 0. The summed E-state index contributed by atoms with van der Waals surface area (Å²) in [6.45, 7) is 7.91. The predicted octanol–water partition coefficient (Wildman–Crippen LogP) is 1.22. The van der Waals surface area contributed by atoms with Gasteiger partial charge < -0.3 is 9.88 Å². The Morgan fingerprint density at radius 1 is 1.48 bits per heavy atom. The molecule has 1 aromatic rings. The van der Waals surface area contributed by atoms with Gasteiger partial charge in [-0.3, -0.25) is 0 Å². The SMILES string of the molecule is CCCn1cc(S(=O)(=O)N2CCC(NC)C(C)C2)nc1C. The van der Waals surface area contributed by atoms with Gasteiger partial charge in [-0.15, -0.1) is 0 Å². The van der Waals surface area contributed by atoms with Crippen molar-refractivity contribution >= 4 is 10.0 Å². The summed E-state index contributed by atoms with van der Waals surface area (Å²) < 4.78 is 28.9. The predicted molar refractivity (Wildman–Crippen MR) is 82.6 cm³/mol. The molecule has 120 valence electrons. The summed E-state index contributed by atoms with van der Waals surface area (Å²) in [6, 6.07) is 0.385. The van der Waals surface area contributed by atoms with Crippen LogP contribution in [-0.4, -0.2) is 48.5 Å².